The van der Waals surface area contributed by atoms with Crippen molar-refractivity contribution in [2.75, 3.05) is 32.0 Å². The number of guanidine groups is 1. The topological polar surface area (TPSA) is 77.6 Å². The second kappa shape index (κ2) is 9.71. The molecule has 0 fully saturated rings. The van der Waals surface area contributed by atoms with E-state index in [4.69, 9.17) is 0 Å². The maximum atomic E-state index is 11.7. The van der Waals surface area contributed by atoms with Gasteiger partial charge >= 0.3 is 0 Å². The molecule has 0 aromatic heterocycles. The van der Waals surface area contributed by atoms with Gasteiger partial charge in [0.1, 0.15) is 0 Å². The Hall–Kier alpha value is -2.24. The number of carbonyl (C=O) groups excluding carboxylic acids is 1. The molecule has 1 aromatic carbocycles. The molecule has 1 rings (SSSR count). The Bertz CT molecular complexity index is 493. The summed E-state index contributed by atoms with van der Waals surface area (Å²) in [4.78, 5) is 15.9. The quantitative estimate of drug-likeness (QED) is 0.349. The third kappa shape index (κ3) is 9.39. The van der Waals surface area contributed by atoms with Gasteiger partial charge in [0.05, 0.1) is 6.54 Å². The molecule has 0 heterocycles. The minimum atomic E-state index is -0.223. The van der Waals surface area contributed by atoms with Crippen LogP contribution < -0.4 is 21.3 Å². The highest BCUT2D eigenvalue weighted by atomic mass is 16.2. The molecule has 0 aliphatic rings. The maximum Gasteiger partial charge on any atom is 0.239 e. The van der Waals surface area contributed by atoms with E-state index in [1.807, 2.05) is 51.1 Å². The Kier molecular flexibility index (Phi) is 7.94. The highest BCUT2D eigenvalue weighted by Gasteiger charge is 2.13. The first kappa shape index (κ1) is 18.8. The molecule has 1 aromatic rings. The standard InChI is InChI=1S/C17H29N5O/c1-17(2,3)22-15(23)13-21-16(18-4)20-12-8-11-19-14-9-6-5-7-10-14/h5-7,9-10,19H,8,11-13H2,1-4H3,(H,22,23)(H2,18,20,21). The van der Waals surface area contributed by atoms with Crippen LogP contribution in [0.1, 0.15) is 27.2 Å². The van der Waals surface area contributed by atoms with Crippen molar-refractivity contribution in [3.05, 3.63) is 30.3 Å². The van der Waals surface area contributed by atoms with Crippen molar-refractivity contribution in [3.63, 3.8) is 0 Å². The molecule has 128 valence electrons. The smallest absolute Gasteiger partial charge is 0.239 e. The van der Waals surface area contributed by atoms with E-state index in [0.29, 0.717) is 5.96 Å². The Balaban J connectivity index is 2.15. The Morgan fingerprint density at radius 2 is 1.78 bits per heavy atom. The first-order valence-electron chi connectivity index (χ1n) is 7.95. The zero-order valence-electron chi connectivity index (χ0n) is 14.6. The molecule has 4 N–H and O–H groups in total. The van der Waals surface area contributed by atoms with E-state index in [1.165, 1.54) is 0 Å². The van der Waals surface area contributed by atoms with Crippen LogP contribution in [-0.2, 0) is 4.79 Å². The van der Waals surface area contributed by atoms with Crippen molar-refractivity contribution in [1.82, 2.24) is 16.0 Å². The van der Waals surface area contributed by atoms with E-state index in [0.717, 1.165) is 25.2 Å². The summed E-state index contributed by atoms with van der Waals surface area (Å²) in [6.07, 6.45) is 0.948. The molecule has 1 amide bonds. The zero-order chi connectivity index (χ0) is 17.1. The van der Waals surface area contributed by atoms with Gasteiger partial charge in [0, 0.05) is 31.4 Å². The van der Waals surface area contributed by atoms with Gasteiger partial charge in [-0.3, -0.25) is 9.79 Å². The monoisotopic (exact) mass is 319 g/mol. The fourth-order valence-electron chi connectivity index (χ4n) is 1.93. The number of hydrogen-bond acceptors (Lipinski definition) is 3. The lowest BCUT2D eigenvalue weighted by Gasteiger charge is -2.21. The van der Waals surface area contributed by atoms with E-state index in [-0.39, 0.29) is 18.0 Å². The lowest BCUT2D eigenvalue weighted by Crippen LogP contribution is -2.48. The van der Waals surface area contributed by atoms with Crippen LogP contribution in [0.15, 0.2) is 35.3 Å². The van der Waals surface area contributed by atoms with Gasteiger partial charge in [0.2, 0.25) is 5.91 Å². The summed E-state index contributed by atoms with van der Waals surface area (Å²) in [5.74, 6) is 0.583. The van der Waals surface area contributed by atoms with Gasteiger partial charge in [-0.2, -0.15) is 0 Å². The summed E-state index contributed by atoms with van der Waals surface area (Å²) in [6.45, 7) is 7.73. The van der Waals surface area contributed by atoms with Crippen LogP contribution in [0.4, 0.5) is 5.69 Å². The average Bonchev–Trinajstić information content (AvgIpc) is 2.49. The van der Waals surface area contributed by atoms with Crippen LogP contribution in [0.2, 0.25) is 0 Å². The molecule has 23 heavy (non-hydrogen) atoms. The summed E-state index contributed by atoms with van der Waals surface area (Å²) in [5, 5.41) is 12.4. The molecule has 6 nitrogen and oxygen atoms in total. The van der Waals surface area contributed by atoms with Gasteiger partial charge in [-0.15, -0.1) is 0 Å². The lowest BCUT2D eigenvalue weighted by atomic mass is 10.1. The van der Waals surface area contributed by atoms with Crippen molar-refractivity contribution in [2.24, 2.45) is 4.99 Å². The predicted octanol–water partition coefficient (Wildman–Crippen LogP) is 1.57. The zero-order valence-corrected chi connectivity index (χ0v) is 14.6. The highest BCUT2D eigenvalue weighted by molar-refractivity contribution is 5.86. The predicted molar refractivity (Wildman–Crippen MR) is 96.8 cm³/mol. The van der Waals surface area contributed by atoms with Crippen LogP contribution in [-0.4, -0.2) is 44.1 Å². The first-order chi connectivity index (χ1) is 10.9. The Morgan fingerprint density at radius 3 is 2.39 bits per heavy atom. The number of nitrogens with one attached hydrogen (secondary N) is 4. The Morgan fingerprint density at radius 1 is 1.09 bits per heavy atom. The summed E-state index contributed by atoms with van der Waals surface area (Å²) < 4.78 is 0. The number of anilines is 1. The van der Waals surface area contributed by atoms with Gasteiger partial charge in [-0.25, -0.2) is 0 Å². The van der Waals surface area contributed by atoms with Crippen molar-refractivity contribution < 1.29 is 4.79 Å². The number of benzene rings is 1. The van der Waals surface area contributed by atoms with E-state index in [2.05, 4.69) is 26.3 Å². The van der Waals surface area contributed by atoms with Gasteiger partial charge in [0.15, 0.2) is 5.96 Å². The number of para-hydroxylation sites is 1. The molecule has 6 heteroatoms. The SMILES string of the molecule is CN=C(NCCCNc1ccccc1)NCC(=O)NC(C)(C)C. The van der Waals surface area contributed by atoms with Crippen LogP contribution in [0, 0.1) is 0 Å². The largest absolute Gasteiger partial charge is 0.385 e. The second-order valence-electron chi connectivity index (χ2n) is 6.30. The summed E-state index contributed by atoms with van der Waals surface area (Å²) in [6, 6.07) is 10.1. The van der Waals surface area contributed by atoms with Crippen LogP contribution >= 0.6 is 0 Å². The number of rotatable bonds is 7. The normalized spacial score (nSPS) is 11.7. The molecule has 0 atom stereocenters. The van der Waals surface area contributed by atoms with Gasteiger partial charge in [-0.05, 0) is 39.3 Å². The lowest BCUT2D eigenvalue weighted by molar-refractivity contribution is -0.121. The number of aliphatic imine (C=N–C) groups is 1. The first-order valence-corrected chi connectivity index (χ1v) is 7.95. The molecular formula is C17H29N5O. The second-order valence-corrected chi connectivity index (χ2v) is 6.30. The maximum absolute atomic E-state index is 11.7. The van der Waals surface area contributed by atoms with E-state index in [1.54, 1.807) is 7.05 Å². The van der Waals surface area contributed by atoms with Crippen LogP contribution in [0.3, 0.4) is 0 Å². The molecule has 0 bridgehead atoms. The third-order valence-electron chi connectivity index (χ3n) is 2.90. The molecule has 0 saturated heterocycles. The molecule has 0 aliphatic heterocycles. The fourth-order valence-corrected chi connectivity index (χ4v) is 1.93. The van der Waals surface area contributed by atoms with Gasteiger partial charge in [-0.1, -0.05) is 18.2 Å². The summed E-state index contributed by atoms with van der Waals surface area (Å²) in [5.41, 5.74) is 0.896. The number of hydrogen-bond donors (Lipinski definition) is 4. The van der Waals surface area contributed by atoms with Crippen molar-refractivity contribution >= 4 is 17.6 Å². The molecule has 0 radical (unpaired) electrons. The molecule has 0 unspecified atom stereocenters. The van der Waals surface area contributed by atoms with Crippen molar-refractivity contribution in [2.45, 2.75) is 32.7 Å². The molecule has 0 saturated carbocycles. The van der Waals surface area contributed by atoms with Crippen molar-refractivity contribution in [1.29, 1.82) is 0 Å². The number of amides is 1. The fraction of sp³-hybridized carbons (Fsp3) is 0.529. The Labute approximate surface area is 139 Å². The van der Waals surface area contributed by atoms with Crippen molar-refractivity contribution in [3.8, 4) is 0 Å². The van der Waals surface area contributed by atoms with Crippen LogP contribution in [0.25, 0.3) is 0 Å². The van der Waals surface area contributed by atoms with E-state index in [9.17, 15) is 4.79 Å². The van der Waals surface area contributed by atoms with Gasteiger partial charge in [0.25, 0.3) is 0 Å². The highest BCUT2D eigenvalue weighted by Crippen LogP contribution is 2.04. The number of carbonyl (C=O) groups is 1. The van der Waals surface area contributed by atoms with E-state index >= 15 is 0 Å². The van der Waals surface area contributed by atoms with E-state index < -0.39 is 0 Å². The third-order valence-corrected chi connectivity index (χ3v) is 2.90. The van der Waals surface area contributed by atoms with Gasteiger partial charge < -0.3 is 21.3 Å². The summed E-state index contributed by atoms with van der Waals surface area (Å²) >= 11 is 0. The molecule has 0 aliphatic carbocycles. The summed E-state index contributed by atoms with van der Waals surface area (Å²) in [7, 11) is 1.69. The molecule has 0 spiro atoms. The minimum absolute atomic E-state index is 0.0498. The minimum Gasteiger partial charge on any atom is -0.385 e. The average molecular weight is 319 g/mol. The van der Waals surface area contributed by atoms with Crippen LogP contribution in [0.5, 0.6) is 0 Å². The molecular weight excluding hydrogens is 290 g/mol. The number of nitrogens with zero attached hydrogens (tertiary/aromatic N) is 1.